The van der Waals surface area contributed by atoms with Crippen molar-refractivity contribution in [2.75, 3.05) is 0 Å². The molecular formula is C52H29N3S2. The number of thiophene rings is 2. The average molecular weight is 760 g/mol. The molecule has 0 aliphatic rings. The average Bonchev–Trinajstić information content (AvgIpc) is 3.95. The van der Waals surface area contributed by atoms with Crippen LogP contribution >= 0.6 is 22.7 Å². The molecule has 9 aromatic carbocycles. The molecule has 0 fully saturated rings. The Balaban J connectivity index is 1.16. The fourth-order valence-corrected chi connectivity index (χ4v) is 11.7. The summed E-state index contributed by atoms with van der Waals surface area (Å²) in [4.78, 5) is 11.0. The van der Waals surface area contributed by atoms with Crippen molar-refractivity contribution < 1.29 is 0 Å². The highest BCUT2D eigenvalue weighted by Gasteiger charge is 2.22. The lowest BCUT2D eigenvalue weighted by Crippen LogP contribution is -1.99. The lowest BCUT2D eigenvalue weighted by atomic mass is 9.99. The number of benzene rings is 9. The number of hydrogen-bond acceptors (Lipinski definition) is 4. The van der Waals surface area contributed by atoms with Crippen LogP contribution in [0.15, 0.2) is 176 Å². The van der Waals surface area contributed by atoms with E-state index in [0.29, 0.717) is 0 Å². The van der Waals surface area contributed by atoms with E-state index < -0.39 is 0 Å². The van der Waals surface area contributed by atoms with Crippen LogP contribution in [0.25, 0.3) is 123 Å². The number of aromatic nitrogens is 3. The first-order valence-electron chi connectivity index (χ1n) is 19.2. The Morgan fingerprint density at radius 1 is 0.386 bits per heavy atom. The first-order valence-corrected chi connectivity index (χ1v) is 20.9. The van der Waals surface area contributed by atoms with Crippen molar-refractivity contribution in [1.29, 1.82) is 0 Å². The monoisotopic (exact) mass is 759 g/mol. The van der Waals surface area contributed by atoms with Gasteiger partial charge in [-0.3, -0.25) is 0 Å². The second kappa shape index (κ2) is 11.8. The fourth-order valence-electron chi connectivity index (χ4n) is 9.26. The van der Waals surface area contributed by atoms with Gasteiger partial charge in [-0.15, -0.1) is 22.7 Å². The van der Waals surface area contributed by atoms with Crippen LogP contribution < -0.4 is 0 Å². The topological polar surface area (TPSA) is 30.7 Å². The highest BCUT2D eigenvalue weighted by Crippen LogP contribution is 2.46. The van der Waals surface area contributed by atoms with Crippen LogP contribution in [-0.4, -0.2) is 14.5 Å². The molecule has 0 atom stereocenters. The molecule has 0 saturated carbocycles. The van der Waals surface area contributed by atoms with Crippen molar-refractivity contribution in [3.05, 3.63) is 176 Å². The summed E-state index contributed by atoms with van der Waals surface area (Å²) in [5.41, 5.74) is 7.55. The highest BCUT2D eigenvalue weighted by molar-refractivity contribution is 7.26. The largest absolute Gasteiger partial charge is 0.309 e. The van der Waals surface area contributed by atoms with Crippen molar-refractivity contribution >= 4 is 117 Å². The second-order valence-corrected chi connectivity index (χ2v) is 17.0. The van der Waals surface area contributed by atoms with Crippen LogP contribution in [0.5, 0.6) is 0 Å². The summed E-state index contributed by atoms with van der Waals surface area (Å²) in [5.74, 6) is 0.733. The van der Waals surface area contributed by atoms with Crippen LogP contribution in [0.4, 0.5) is 0 Å². The fraction of sp³-hybridized carbons (Fsp3) is 0. The van der Waals surface area contributed by atoms with Gasteiger partial charge < -0.3 is 4.57 Å². The van der Waals surface area contributed by atoms with Gasteiger partial charge in [-0.2, -0.15) is 0 Å². The summed E-state index contributed by atoms with van der Waals surface area (Å²) in [6, 6.07) is 64.1. The zero-order chi connectivity index (χ0) is 37.2. The van der Waals surface area contributed by atoms with Crippen molar-refractivity contribution in [2.24, 2.45) is 0 Å². The summed E-state index contributed by atoms with van der Waals surface area (Å²) in [6.45, 7) is 0. The van der Waals surface area contributed by atoms with E-state index in [2.05, 4.69) is 180 Å². The minimum absolute atomic E-state index is 0.733. The summed E-state index contributed by atoms with van der Waals surface area (Å²) in [5, 5.41) is 13.5. The molecule has 0 amide bonds. The number of para-hydroxylation sites is 2. The van der Waals surface area contributed by atoms with Gasteiger partial charge in [0.2, 0.25) is 0 Å². The van der Waals surface area contributed by atoms with E-state index in [0.717, 1.165) is 39.2 Å². The van der Waals surface area contributed by atoms with Crippen molar-refractivity contribution in [1.82, 2.24) is 14.5 Å². The molecule has 4 heterocycles. The van der Waals surface area contributed by atoms with Gasteiger partial charge in [0.05, 0.1) is 22.2 Å². The van der Waals surface area contributed by atoms with Gasteiger partial charge in [-0.1, -0.05) is 140 Å². The third kappa shape index (κ3) is 4.47. The Hall–Kier alpha value is -6.92. The zero-order valence-electron chi connectivity index (χ0n) is 30.4. The van der Waals surface area contributed by atoms with E-state index in [-0.39, 0.29) is 0 Å². The number of hydrogen-bond donors (Lipinski definition) is 0. The predicted octanol–water partition coefficient (Wildman–Crippen LogP) is 15.1. The first-order chi connectivity index (χ1) is 28.3. The van der Waals surface area contributed by atoms with Gasteiger partial charge in [0.1, 0.15) is 0 Å². The number of rotatable bonds is 3. The first kappa shape index (κ1) is 31.3. The van der Waals surface area contributed by atoms with Crippen LogP contribution in [0.2, 0.25) is 0 Å². The summed E-state index contributed by atoms with van der Waals surface area (Å²) >= 11 is 3.67. The molecule has 0 radical (unpaired) electrons. The molecule has 0 N–H and O–H groups in total. The number of nitrogens with zero attached hydrogens (tertiary/aromatic N) is 3. The molecule has 0 aliphatic carbocycles. The van der Waals surface area contributed by atoms with Crippen LogP contribution in [0.3, 0.4) is 0 Å². The molecular weight excluding hydrogens is 731 g/mol. The van der Waals surface area contributed by atoms with E-state index in [1.54, 1.807) is 0 Å². The second-order valence-electron chi connectivity index (χ2n) is 14.9. The Morgan fingerprint density at radius 3 is 1.84 bits per heavy atom. The summed E-state index contributed by atoms with van der Waals surface area (Å²) < 4.78 is 7.46. The summed E-state index contributed by atoms with van der Waals surface area (Å²) in [6.07, 6.45) is 0. The van der Waals surface area contributed by atoms with E-state index in [1.807, 2.05) is 22.7 Å². The molecule has 5 heteroatoms. The van der Waals surface area contributed by atoms with E-state index in [4.69, 9.17) is 9.97 Å². The maximum Gasteiger partial charge on any atom is 0.161 e. The van der Waals surface area contributed by atoms with Crippen molar-refractivity contribution in [3.63, 3.8) is 0 Å². The molecule has 0 unspecified atom stereocenters. The molecule has 57 heavy (non-hydrogen) atoms. The van der Waals surface area contributed by atoms with Crippen LogP contribution in [0.1, 0.15) is 0 Å². The third-order valence-electron chi connectivity index (χ3n) is 11.8. The van der Waals surface area contributed by atoms with Gasteiger partial charge >= 0.3 is 0 Å². The van der Waals surface area contributed by atoms with Gasteiger partial charge in [-0.05, 0) is 52.6 Å². The van der Waals surface area contributed by atoms with Crippen molar-refractivity contribution in [2.45, 2.75) is 0 Å². The van der Waals surface area contributed by atoms with E-state index in [9.17, 15) is 0 Å². The van der Waals surface area contributed by atoms with Crippen LogP contribution in [0, 0.1) is 0 Å². The zero-order valence-corrected chi connectivity index (χ0v) is 32.0. The molecule has 264 valence electrons. The molecule has 13 aromatic rings. The quantitative estimate of drug-likeness (QED) is 0.168. The van der Waals surface area contributed by atoms with Gasteiger partial charge in [0.25, 0.3) is 0 Å². The third-order valence-corrected chi connectivity index (χ3v) is 14.2. The van der Waals surface area contributed by atoms with Crippen LogP contribution in [-0.2, 0) is 0 Å². The SMILES string of the molecule is c1ccc2c(c1)ccc1c2ccc2c3ccccc3n(-c3cc(-c4nc(-c5cccc6c5sc5ccccc56)c5ccccc5n4)c4sc5ccccc5c4c3)c12. The predicted molar refractivity (Wildman–Crippen MR) is 246 cm³/mol. The molecule has 4 aromatic heterocycles. The molecule has 3 nitrogen and oxygen atoms in total. The van der Waals surface area contributed by atoms with Gasteiger partial charge in [0, 0.05) is 78.7 Å². The maximum atomic E-state index is 5.61. The Labute approximate surface area is 334 Å². The molecule has 0 spiro atoms. The van der Waals surface area contributed by atoms with E-state index in [1.165, 1.54) is 83.7 Å². The Kier molecular flexibility index (Phi) is 6.48. The standard InChI is InChI=1S/C52H29N3S2/c1-2-13-32-30(12-1)24-25-37-33(32)26-27-38-34-14-4-8-21-45(34)55(49(37)38)31-28-42-36-16-6-10-23-47(36)57-51(42)43(29-31)52-53-44-20-7-3-17-40(44)48(54-52)41-19-11-18-39-35-15-5-9-22-46(35)56-50(39)41/h1-29H. The summed E-state index contributed by atoms with van der Waals surface area (Å²) in [7, 11) is 0. The number of fused-ring (bicyclic) bond motifs is 14. The van der Waals surface area contributed by atoms with Crippen molar-refractivity contribution in [3.8, 4) is 28.3 Å². The minimum Gasteiger partial charge on any atom is -0.309 e. The Morgan fingerprint density at radius 2 is 1.00 bits per heavy atom. The lowest BCUT2D eigenvalue weighted by Gasteiger charge is -2.15. The lowest BCUT2D eigenvalue weighted by molar-refractivity contribution is 1.18. The van der Waals surface area contributed by atoms with Gasteiger partial charge in [-0.25, -0.2) is 9.97 Å². The molecule has 0 bridgehead atoms. The maximum absolute atomic E-state index is 5.61. The minimum atomic E-state index is 0.733. The highest BCUT2D eigenvalue weighted by atomic mass is 32.1. The smallest absolute Gasteiger partial charge is 0.161 e. The normalized spacial score (nSPS) is 12.2. The molecule has 0 aliphatic heterocycles. The van der Waals surface area contributed by atoms with Gasteiger partial charge in [0.15, 0.2) is 5.82 Å². The molecule has 13 rings (SSSR count). The Bertz CT molecular complexity index is 3830. The van der Waals surface area contributed by atoms with E-state index >= 15 is 0 Å². The molecule has 0 saturated heterocycles.